The van der Waals surface area contributed by atoms with Gasteiger partial charge in [0, 0.05) is 15.4 Å². The van der Waals surface area contributed by atoms with Crippen LogP contribution in [0.2, 0.25) is 0 Å². The molecule has 0 aliphatic carbocycles. The second kappa shape index (κ2) is 6.64. The lowest BCUT2D eigenvalue weighted by molar-refractivity contribution is -0.115. The number of aromatic nitrogens is 2. The number of primary amides is 1. The molecule has 2 N–H and O–H groups in total. The van der Waals surface area contributed by atoms with Crippen LogP contribution in [0, 0.1) is 5.82 Å². The molecular formula is C16H11BrFN3OS. The number of carbonyl (C=O) groups excluding carboxylic acids is 1. The lowest BCUT2D eigenvalue weighted by Crippen LogP contribution is -2.13. The van der Waals surface area contributed by atoms with E-state index < -0.39 is 5.91 Å². The summed E-state index contributed by atoms with van der Waals surface area (Å²) in [5.41, 5.74) is 6.65. The molecule has 7 heteroatoms. The Labute approximate surface area is 144 Å². The second-order valence-corrected chi connectivity index (χ2v) is 6.66. The fourth-order valence-electron chi connectivity index (χ4n) is 2.05. The van der Waals surface area contributed by atoms with Gasteiger partial charge in [0.1, 0.15) is 10.8 Å². The van der Waals surface area contributed by atoms with E-state index >= 15 is 0 Å². The van der Waals surface area contributed by atoms with Gasteiger partial charge in [0.25, 0.3) is 0 Å². The first kappa shape index (κ1) is 15.9. The normalized spacial score (nSPS) is 10.9. The smallest absolute Gasteiger partial charge is 0.227 e. The van der Waals surface area contributed by atoms with Crippen molar-refractivity contribution in [3.05, 3.63) is 52.8 Å². The van der Waals surface area contributed by atoms with Crippen LogP contribution in [0.1, 0.15) is 0 Å². The van der Waals surface area contributed by atoms with E-state index in [2.05, 4.69) is 25.9 Å². The molecule has 116 valence electrons. The van der Waals surface area contributed by atoms with Gasteiger partial charge in [0.2, 0.25) is 5.91 Å². The van der Waals surface area contributed by atoms with Crippen molar-refractivity contribution in [2.45, 2.75) is 5.03 Å². The lowest BCUT2D eigenvalue weighted by Gasteiger charge is -2.08. The zero-order chi connectivity index (χ0) is 16.4. The number of amides is 1. The van der Waals surface area contributed by atoms with Gasteiger partial charge in [-0.2, -0.15) is 0 Å². The molecule has 0 spiro atoms. The van der Waals surface area contributed by atoms with E-state index in [4.69, 9.17) is 5.73 Å². The molecule has 0 aliphatic heterocycles. The number of nitrogens with two attached hydrogens (primary N) is 1. The molecule has 0 fully saturated rings. The highest BCUT2D eigenvalue weighted by Crippen LogP contribution is 2.29. The van der Waals surface area contributed by atoms with Gasteiger partial charge in [0.15, 0.2) is 5.82 Å². The van der Waals surface area contributed by atoms with Crippen LogP contribution in [0.25, 0.3) is 22.3 Å². The minimum atomic E-state index is -0.455. The molecule has 0 saturated carbocycles. The molecule has 4 nitrogen and oxygen atoms in total. The minimum absolute atomic E-state index is 0.0718. The summed E-state index contributed by atoms with van der Waals surface area (Å²) in [5.74, 6) is -0.243. The van der Waals surface area contributed by atoms with Crippen LogP contribution in [0.15, 0.2) is 52.0 Å². The van der Waals surface area contributed by atoms with E-state index in [1.54, 1.807) is 6.07 Å². The first-order chi connectivity index (χ1) is 11.0. The van der Waals surface area contributed by atoms with E-state index in [1.165, 1.54) is 23.9 Å². The number of halogens is 2. The van der Waals surface area contributed by atoms with Gasteiger partial charge >= 0.3 is 0 Å². The number of fused-ring (bicyclic) bond motifs is 1. The molecule has 2 aromatic carbocycles. The third-order valence-corrected chi connectivity index (χ3v) is 4.62. The quantitative estimate of drug-likeness (QED) is 0.542. The molecule has 0 aliphatic rings. The van der Waals surface area contributed by atoms with Crippen molar-refractivity contribution in [3.8, 4) is 11.4 Å². The number of rotatable bonds is 4. The van der Waals surface area contributed by atoms with Crippen molar-refractivity contribution in [2.24, 2.45) is 5.73 Å². The summed E-state index contributed by atoms with van der Waals surface area (Å²) in [6, 6.07) is 11.9. The zero-order valence-electron chi connectivity index (χ0n) is 11.8. The summed E-state index contributed by atoms with van der Waals surface area (Å²) in [6.45, 7) is 0. The van der Waals surface area contributed by atoms with Crippen LogP contribution in [0.4, 0.5) is 4.39 Å². The van der Waals surface area contributed by atoms with E-state index in [-0.39, 0.29) is 11.6 Å². The molecule has 0 unspecified atom stereocenters. The Balaban J connectivity index is 2.14. The Morgan fingerprint density at radius 2 is 1.91 bits per heavy atom. The van der Waals surface area contributed by atoms with Gasteiger partial charge in [-0.15, -0.1) is 0 Å². The van der Waals surface area contributed by atoms with Crippen molar-refractivity contribution >= 4 is 44.5 Å². The van der Waals surface area contributed by atoms with E-state index in [0.29, 0.717) is 21.8 Å². The van der Waals surface area contributed by atoms with Crippen molar-refractivity contribution < 1.29 is 9.18 Å². The highest BCUT2D eigenvalue weighted by atomic mass is 79.9. The Bertz CT molecular complexity index is 886. The van der Waals surface area contributed by atoms with Crippen LogP contribution in [-0.4, -0.2) is 21.6 Å². The summed E-state index contributed by atoms with van der Waals surface area (Å²) in [5, 5.41) is 1.10. The van der Waals surface area contributed by atoms with Crippen molar-refractivity contribution in [1.82, 2.24) is 9.97 Å². The highest BCUT2D eigenvalue weighted by molar-refractivity contribution is 9.10. The Kier molecular flexibility index (Phi) is 4.58. The molecule has 1 heterocycles. The SMILES string of the molecule is NC(=O)CSc1nc(-c2ccc(Br)cc2)nc2ccc(F)cc12. The predicted octanol–water partition coefficient (Wildman–Crippen LogP) is 3.78. The number of hydrogen-bond donors (Lipinski definition) is 1. The summed E-state index contributed by atoms with van der Waals surface area (Å²) in [4.78, 5) is 20.0. The van der Waals surface area contributed by atoms with E-state index in [1.807, 2.05) is 24.3 Å². The van der Waals surface area contributed by atoms with E-state index in [9.17, 15) is 9.18 Å². The molecule has 3 aromatic rings. The van der Waals surface area contributed by atoms with Crippen LogP contribution >= 0.6 is 27.7 Å². The predicted molar refractivity (Wildman–Crippen MR) is 92.6 cm³/mol. The monoisotopic (exact) mass is 391 g/mol. The molecule has 0 atom stereocenters. The maximum atomic E-state index is 13.5. The van der Waals surface area contributed by atoms with Gasteiger partial charge in [-0.1, -0.05) is 39.8 Å². The molecule has 3 rings (SSSR count). The summed E-state index contributed by atoms with van der Waals surface area (Å²) in [6.07, 6.45) is 0. The maximum Gasteiger partial charge on any atom is 0.227 e. The first-order valence-electron chi connectivity index (χ1n) is 6.67. The largest absolute Gasteiger partial charge is 0.369 e. The second-order valence-electron chi connectivity index (χ2n) is 4.78. The number of hydrogen-bond acceptors (Lipinski definition) is 4. The van der Waals surface area contributed by atoms with Gasteiger partial charge in [-0.25, -0.2) is 14.4 Å². The molecular weight excluding hydrogens is 381 g/mol. The molecule has 0 radical (unpaired) electrons. The van der Waals surface area contributed by atoms with Gasteiger partial charge in [0.05, 0.1) is 11.3 Å². The number of benzene rings is 2. The first-order valence-corrected chi connectivity index (χ1v) is 8.45. The average Bonchev–Trinajstić information content (AvgIpc) is 2.53. The third-order valence-electron chi connectivity index (χ3n) is 3.08. The number of carbonyl (C=O) groups is 1. The third kappa shape index (κ3) is 3.68. The van der Waals surface area contributed by atoms with Crippen molar-refractivity contribution in [2.75, 3.05) is 5.75 Å². The molecule has 0 saturated heterocycles. The Morgan fingerprint density at radius 1 is 1.17 bits per heavy atom. The minimum Gasteiger partial charge on any atom is -0.369 e. The molecule has 1 aromatic heterocycles. The van der Waals surface area contributed by atoms with Crippen LogP contribution < -0.4 is 5.73 Å². The van der Waals surface area contributed by atoms with Gasteiger partial charge < -0.3 is 5.73 Å². The van der Waals surface area contributed by atoms with E-state index in [0.717, 1.165) is 10.0 Å². The van der Waals surface area contributed by atoms with Crippen LogP contribution in [0.5, 0.6) is 0 Å². The fourth-order valence-corrected chi connectivity index (χ4v) is 3.06. The summed E-state index contributed by atoms with van der Waals surface area (Å²) in [7, 11) is 0. The van der Waals surface area contributed by atoms with Gasteiger partial charge in [-0.05, 0) is 30.3 Å². The summed E-state index contributed by atoms with van der Waals surface area (Å²) < 4.78 is 14.5. The molecule has 1 amide bonds. The topological polar surface area (TPSA) is 68.9 Å². The number of nitrogens with zero attached hydrogens (tertiary/aromatic N) is 2. The zero-order valence-corrected chi connectivity index (χ0v) is 14.2. The average molecular weight is 392 g/mol. The maximum absolute atomic E-state index is 13.5. The number of thioether (sulfide) groups is 1. The van der Waals surface area contributed by atoms with Crippen LogP contribution in [0.3, 0.4) is 0 Å². The summed E-state index contributed by atoms with van der Waals surface area (Å²) >= 11 is 4.56. The fraction of sp³-hybridized carbons (Fsp3) is 0.0625. The Morgan fingerprint density at radius 3 is 2.61 bits per heavy atom. The molecule has 23 heavy (non-hydrogen) atoms. The Hall–Kier alpha value is -1.99. The lowest BCUT2D eigenvalue weighted by atomic mass is 10.2. The van der Waals surface area contributed by atoms with Crippen molar-refractivity contribution in [3.63, 3.8) is 0 Å². The standard InChI is InChI=1S/C16H11BrFN3OS/c17-10-3-1-9(2-4-10)15-20-13-6-5-11(18)7-12(13)16(21-15)23-8-14(19)22/h1-7H,8H2,(H2,19,22). The highest BCUT2D eigenvalue weighted by Gasteiger charge is 2.12. The van der Waals surface area contributed by atoms with Crippen molar-refractivity contribution in [1.29, 1.82) is 0 Å². The van der Waals surface area contributed by atoms with Gasteiger partial charge in [-0.3, -0.25) is 4.79 Å². The molecule has 0 bridgehead atoms. The van der Waals surface area contributed by atoms with Crippen LogP contribution in [-0.2, 0) is 4.79 Å².